The first-order chi connectivity index (χ1) is 13.2. The number of nitrogens with one attached hydrogen (secondary N) is 2. The third-order valence-corrected chi connectivity index (χ3v) is 8.84. The number of halogens is 2. The van der Waals surface area contributed by atoms with Gasteiger partial charge >= 0.3 is 6.03 Å². The maximum absolute atomic E-state index is 13.1. The molecule has 5 aliphatic rings. The molecule has 5 aliphatic heterocycles. The van der Waals surface area contributed by atoms with Gasteiger partial charge in [-0.1, -0.05) is 35.8 Å². The Labute approximate surface area is 176 Å². The molecule has 0 aliphatic carbocycles. The lowest BCUT2D eigenvalue weighted by atomic mass is 9.65. The Morgan fingerprint density at radius 2 is 2.07 bits per heavy atom. The quantitative estimate of drug-likeness (QED) is 0.581. The molecule has 1 aromatic rings. The third-order valence-electron chi connectivity index (χ3n) is 7.64. The first-order valence-electron chi connectivity index (χ1n) is 9.57. The van der Waals surface area contributed by atoms with Crippen LogP contribution in [0.2, 0.25) is 0 Å². The van der Waals surface area contributed by atoms with Gasteiger partial charge < -0.3 is 20.4 Å². The molecule has 3 fully saturated rings. The molecule has 146 valence electrons. The van der Waals surface area contributed by atoms with Gasteiger partial charge in [0.25, 0.3) is 0 Å². The lowest BCUT2D eigenvalue weighted by Crippen LogP contribution is -2.79. The second-order valence-corrected chi connectivity index (χ2v) is 10.4. The number of urea groups is 1. The minimum atomic E-state index is -0.835. The topological polar surface area (TPSA) is 64.7 Å². The molecule has 3 saturated heterocycles. The Bertz CT molecular complexity index is 1010. The van der Waals surface area contributed by atoms with Crippen molar-refractivity contribution < 1.29 is 9.59 Å². The maximum atomic E-state index is 13.1. The molecule has 4 atom stereocenters. The number of alkyl halides is 1. The van der Waals surface area contributed by atoms with E-state index in [1.165, 1.54) is 0 Å². The van der Waals surface area contributed by atoms with Crippen molar-refractivity contribution in [2.75, 3.05) is 11.4 Å². The zero-order valence-electron chi connectivity index (χ0n) is 15.6. The van der Waals surface area contributed by atoms with Gasteiger partial charge in [0.1, 0.15) is 5.66 Å². The van der Waals surface area contributed by atoms with E-state index in [4.69, 9.17) is 11.6 Å². The van der Waals surface area contributed by atoms with E-state index in [-0.39, 0.29) is 23.2 Å². The summed E-state index contributed by atoms with van der Waals surface area (Å²) in [5.41, 5.74) is 1.13. The number of amides is 3. The molecule has 0 unspecified atom stereocenters. The summed E-state index contributed by atoms with van der Waals surface area (Å²) in [5, 5.41) is 6.03. The number of benzene rings is 1. The minimum absolute atomic E-state index is 0.0302. The molecule has 2 bridgehead atoms. The number of carbonyl (C=O) groups is 2. The van der Waals surface area contributed by atoms with E-state index in [2.05, 4.69) is 57.4 Å². The number of rotatable bonds is 0. The molecule has 6 rings (SSSR count). The number of hydrogen-bond donors (Lipinski definition) is 2. The van der Waals surface area contributed by atoms with Crippen LogP contribution >= 0.6 is 27.5 Å². The highest BCUT2D eigenvalue weighted by Gasteiger charge is 2.76. The van der Waals surface area contributed by atoms with Gasteiger partial charge in [-0.25, -0.2) is 4.79 Å². The van der Waals surface area contributed by atoms with Crippen LogP contribution in [0, 0.1) is 5.41 Å². The van der Waals surface area contributed by atoms with Crippen LogP contribution in [-0.4, -0.2) is 40.1 Å². The summed E-state index contributed by atoms with van der Waals surface area (Å²) in [5.74, 6) is 0.174. The van der Waals surface area contributed by atoms with E-state index in [9.17, 15) is 9.59 Å². The van der Waals surface area contributed by atoms with Crippen LogP contribution < -0.4 is 15.5 Å². The fourth-order valence-corrected chi connectivity index (χ4v) is 7.09. The molecule has 3 amide bonds. The Morgan fingerprint density at radius 3 is 2.86 bits per heavy atom. The number of hydrogen-bond acceptors (Lipinski definition) is 3. The van der Waals surface area contributed by atoms with E-state index >= 15 is 0 Å². The average Bonchev–Trinajstić information content (AvgIpc) is 3.14. The largest absolute Gasteiger partial charge is 0.321 e. The predicted molar refractivity (Wildman–Crippen MR) is 109 cm³/mol. The van der Waals surface area contributed by atoms with Gasteiger partial charge in [0.15, 0.2) is 5.66 Å². The van der Waals surface area contributed by atoms with Crippen LogP contribution in [0.25, 0.3) is 0 Å². The summed E-state index contributed by atoms with van der Waals surface area (Å²) >= 11 is 10.7. The number of piperidine rings is 1. The minimum Gasteiger partial charge on any atom is -0.319 e. The van der Waals surface area contributed by atoms with Crippen molar-refractivity contribution in [2.24, 2.45) is 5.41 Å². The maximum Gasteiger partial charge on any atom is 0.321 e. The van der Waals surface area contributed by atoms with E-state index in [1.807, 2.05) is 17.0 Å². The van der Waals surface area contributed by atoms with Crippen LogP contribution in [-0.2, 0) is 4.79 Å². The molecule has 8 heteroatoms. The van der Waals surface area contributed by atoms with E-state index in [0.29, 0.717) is 19.4 Å². The summed E-state index contributed by atoms with van der Waals surface area (Å²) in [6.45, 7) is 4.69. The second kappa shape index (κ2) is 4.87. The molecule has 28 heavy (non-hydrogen) atoms. The standard InChI is InChI=1S/C20H20BrClN4O2/c1-18(2)14(22)9-19-12-8-16(27)25(19)6-5-15-20(18,24-17(28)23-15)26(19)13-7-10(21)3-4-11(12)13/h3-5,7,12,14H,6,8-9H2,1-2H3,(H2,23,24,28)/t12-,14+,19+,20+/m1/s1. The highest BCUT2D eigenvalue weighted by Crippen LogP contribution is 2.67. The van der Waals surface area contributed by atoms with Crippen molar-refractivity contribution in [1.82, 2.24) is 15.5 Å². The Balaban J connectivity index is 1.75. The molecule has 0 aromatic heterocycles. The summed E-state index contributed by atoms with van der Waals surface area (Å²) < 4.78 is 0.974. The Hall–Kier alpha value is -1.73. The van der Waals surface area contributed by atoms with E-state index in [1.54, 1.807) is 0 Å². The summed E-state index contributed by atoms with van der Waals surface area (Å²) in [7, 11) is 0. The molecule has 6 nitrogen and oxygen atoms in total. The molecule has 1 aromatic carbocycles. The van der Waals surface area contributed by atoms with Gasteiger partial charge in [-0.05, 0) is 23.8 Å². The lowest BCUT2D eigenvalue weighted by molar-refractivity contribution is -0.132. The van der Waals surface area contributed by atoms with Gasteiger partial charge in [-0.15, -0.1) is 11.6 Å². The van der Waals surface area contributed by atoms with Gasteiger partial charge in [-0.2, -0.15) is 0 Å². The number of fused-ring (bicyclic) bond motifs is 2. The van der Waals surface area contributed by atoms with Crippen molar-refractivity contribution in [2.45, 2.75) is 49.3 Å². The Morgan fingerprint density at radius 1 is 1.29 bits per heavy atom. The van der Waals surface area contributed by atoms with Crippen LogP contribution in [0.15, 0.2) is 34.4 Å². The summed E-state index contributed by atoms with van der Waals surface area (Å²) in [6, 6.07) is 6.03. The van der Waals surface area contributed by atoms with Gasteiger partial charge in [0, 0.05) is 46.3 Å². The van der Waals surface area contributed by atoms with E-state index < -0.39 is 16.7 Å². The number of anilines is 1. The smallest absolute Gasteiger partial charge is 0.319 e. The van der Waals surface area contributed by atoms with Crippen molar-refractivity contribution in [1.29, 1.82) is 0 Å². The van der Waals surface area contributed by atoms with Gasteiger partial charge in [-0.3, -0.25) is 4.79 Å². The van der Waals surface area contributed by atoms with Crippen LogP contribution in [0.3, 0.4) is 0 Å². The SMILES string of the molecule is CC1(C)[C@@H](Cl)C[C@]23[C@@H]4CC(=O)N2CC=C2NC(=O)N[C@]21N3c1cc(Br)ccc14. The van der Waals surface area contributed by atoms with Crippen molar-refractivity contribution in [3.8, 4) is 0 Å². The fourth-order valence-electron chi connectivity index (χ4n) is 6.35. The number of nitrogens with zero attached hydrogens (tertiary/aromatic N) is 2. The third kappa shape index (κ3) is 1.58. The second-order valence-electron chi connectivity index (χ2n) is 8.98. The molecule has 2 N–H and O–H groups in total. The zero-order chi connectivity index (χ0) is 19.6. The molecule has 0 saturated carbocycles. The fraction of sp³-hybridized carbons (Fsp3) is 0.500. The van der Waals surface area contributed by atoms with Crippen molar-refractivity contribution in [3.05, 3.63) is 40.0 Å². The molecular formula is C20H20BrClN4O2. The van der Waals surface area contributed by atoms with Crippen LogP contribution in [0.1, 0.15) is 38.2 Å². The normalized spacial score (nSPS) is 38.9. The van der Waals surface area contributed by atoms with Crippen LogP contribution in [0.5, 0.6) is 0 Å². The van der Waals surface area contributed by atoms with Gasteiger partial charge in [0.05, 0.1) is 5.70 Å². The highest BCUT2D eigenvalue weighted by molar-refractivity contribution is 9.10. The van der Waals surface area contributed by atoms with Crippen molar-refractivity contribution in [3.63, 3.8) is 0 Å². The lowest BCUT2D eigenvalue weighted by Gasteiger charge is -2.63. The summed E-state index contributed by atoms with van der Waals surface area (Å²) in [6.07, 6.45) is 3.12. The molecule has 2 spiro atoms. The monoisotopic (exact) mass is 462 g/mol. The average molecular weight is 464 g/mol. The zero-order valence-corrected chi connectivity index (χ0v) is 17.9. The predicted octanol–water partition coefficient (Wildman–Crippen LogP) is 3.23. The summed E-state index contributed by atoms with van der Waals surface area (Å²) in [4.78, 5) is 30.0. The number of carbonyl (C=O) groups excluding carboxylic acids is 2. The van der Waals surface area contributed by atoms with Crippen molar-refractivity contribution >= 4 is 45.2 Å². The first kappa shape index (κ1) is 17.2. The molecule has 0 radical (unpaired) electrons. The Kier molecular flexibility index (Phi) is 2.99. The van der Waals surface area contributed by atoms with E-state index in [0.717, 1.165) is 21.4 Å². The molecular weight excluding hydrogens is 444 g/mol. The molecule has 5 heterocycles. The van der Waals surface area contributed by atoms with Gasteiger partial charge in [0.2, 0.25) is 5.91 Å². The van der Waals surface area contributed by atoms with Crippen LogP contribution in [0.4, 0.5) is 10.5 Å². The first-order valence-corrected chi connectivity index (χ1v) is 10.8. The highest BCUT2D eigenvalue weighted by atomic mass is 79.9.